The van der Waals surface area contributed by atoms with Crippen molar-refractivity contribution in [3.05, 3.63) is 23.8 Å². The molecule has 0 radical (unpaired) electrons. The van der Waals surface area contributed by atoms with E-state index in [1.807, 2.05) is 25.1 Å². The zero-order chi connectivity index (χ0) is 13.3. The largest absolute Gasteiger partial charge is 0.441 e. The van der Waals surface area contributed by atoms with Crippen molar-refractivity contribution in [1.29, 1.82) is 0 Å². The lowest BCUT2D eigenvalue weighted by molar-refractivity contribution is -0.0328. The maximum absolute atomic E-state index is 12.1. The van der Waals surface area contributed by atoms with E-state index >= 15 is 0 Å². The van der Waals surface area contributed by atoms with Gasteiger partial charge in [0.25, 0.3) is 0 Å². The Hall–Kier alpha value is -1.37. The van der Waals surface area contributed by atoms with Crippen LogP contribution in [0.15, 0.2) is 18.2 Å². The first kappa shape index (κ1) is 13.1. The van der Waals surface area contributed by atoms with Gasteiger partial charge in [0, 0.05) is 12.3 Å². The smallest absolute Gasteiger partial charge is 0.369 e. The average Bonchev–Trinajstić information content (AvgIpc) is 2.54. The van der Waals surface area contributed by atoms with Crippen molar-refractivity contribution in [2.24, 2.45) is 0 Å². The third-order valence-corrected chi connectivity index (χ3v) is 3.23. The molecule has 1 heterocycles. The average molecular weight is 275 g/mol. The molecule has 18 heavy (non-hydrogen) atoms. The second kappa shape index (κ2) is 4.72. The summed E-state index contributed by atoms with van der Waals surface area (Å²) in [5.41, 5.74) is 4.00. The minimum atomic E-state index is -4.21. The SMILES string of the molecule is Cc1ccc2nc(N)n(CCSC(F)(F)F)c2c1. The van der Waals surface area contributed by atoms with E-state index in [0.29, 0.717) is 5.52 Å². The van der Waals surface area contributed by atoms with Crippen molar-refractivity contribution in [3.63, 3.8) is 0 Å². The standard InChI is InChI=1S/C11H12F3N3S/c1-7-2-3-8-9(6-7)17(10(15)16-8)4-5-18-11(12,13)14/h2-3,6H,4-5H2,1H3,(H2,15,16). The predicted octanol–water partition coefficient (Wildman–Crippen LogP) is 3.18. The van der Waals surface area contributed by atoms with Gasteiger partial charge in [0.1, 0.15) is 0 Å². The zero-order valence-corrected chi connectivity index (χ0v) is 10.5. The Labute approximate surface area is 106 Å². The second-order valence-electron chi connectivity index (χ2n) is 3.91. The third-order valence-electron chi connectivity index (χ3n) is 2.51. The maximum Gasteiger partial charge on any atom is 0.441 e. The van der Waals surface area contributed by atoms with Crippen molar-refractivity contribution in [1.82, 2.24) is 9.55 Å². The molecule has 2 N–H and O–H groups in total. The molecular formula is C11H12F3N3S. The molecule has 1 aromatic heterocycles. The van der Waals surface area contributed by atoms with E-state index in [1.54, 1.807) is 4.57 Å². The molecular weight excluding hydrogens is 263 g/mol. The van der Waals surface area contributed by atoms with E-state index in [1.165, 1.54) is 0 Å². The summed E-state index contributed by atoms with van der Waals surface area (Å²) < 4.78 is 37.8. The third kappa shape index (κ3) is 2.90. The number of alkyl halides is 3. The van der Waals surface area contributed by atoms with Gasteiger partial charge in [0.15, 0.2) is 0 Å². The first-order valence-corrected chi connectivity index (χ1v) is 6.28. The topological polar surface area (TPSA) is 43.8 Å². The molecule has 0 fully saturated rings. The number of nitrogens with two attached hydrogens (primary N) is 1. The van der Waals surface area contributed by atoms with Crippen molar-refractivity contribution in [2.75, 3.05) is 11.5 Å². The molecule has 0 unspecified atom stereocenters. The van der Waals surface area contributed by atoms with Crippen LogP contribution in [0.4, 0.5) is 19.1 Å². The highest BCUT2D eigenvalue weighted by atomic mass is 32.2. The Kier molecular flexibility index (Phi) is 3.43. The van der Waals surface area contributed by atoms with Gasteiger partial charge in [-0.15, -0.1) is 0 Å². The molecule has 2 aromatic rings. The highest BCUT2D eigenvalue weighted by Gasteiger charge is 2.27. The van der Waals surface area contributed by atoms with Crippen LogP contribution in [0.3, 0.4) is 0 Å². The molecule has 0 saturated carbocycles. The van der Waals surface area contributed by atoms with E-state index in [4.69, 9.17) is 5.73 Å². The van der Waals surface area contributed by atoms with Gasteiger partial charge in [-0.3, -0.25) is 0 Å². The summed E-state index contributed by atoms with van der Waals surface area (Å²) >= 11 is -0.0509. The summed E-state index contributed by atoms with van der Waals surface area (Å²) in [4.78, 5) is 4.12. The Morgan fingerprint density at radius 3 is 2.78 bits per heavy atom. The fourth-order valence-corrected chi connectivity index (χ4v) is 2.24. The Morgan fingerprint density at radius 1 is 1.39 bits per heavy atom. The van der Waals surface area contributed by atoms with Crippen LogP contribution >= 0.6 is 11.8 Å². The van der Waals surface area contributed by atoms with Gasteiger partial charge in [-0.2, -0.15) is 13.2 Å². The molecule has 3 nitrogen and oxygen atoms in total. The van der Waals surface area contributed by atoms with Gasteiger partial charge in [0.05, 0.1) is 11.0 Å². The number of aryl methyl sites for hydroxylation is 2. The highest BCUT2D eigenvalue weighted by molar-refractivity contribution is 8.00. The summed E-state index contributed by atoms with van der Waals surface area (Å²) in [6.45, 7) is 2.10. The van der Waals surface area contributed by atoms with Gasteiger partial charge < -0.3 is 10.3 Å². The summed E-state index contributed by atoms with van der Waals surface area (Å²) in [5, 5.41) is 0. The van der Waals surface area contributed by atoms with Crippen LogP contribution in [0.2, 0.25) is 0 Å². The molecule has 0 atom stereocenters. The molecule has 0 amide bonds. The lowest BCUT2D eigenvalue weighted by Gasteiger charge is -2.08. The molecule has 98 valence electrons. The molecule has 0 saturated heterocycles. The number of hydrogen-bond donors (Lipinski definition) is 1. The summed E-state index contributed by atoms with van der Waals surface area (Å²) in [6.07, 6.45) is 0. The van der Waals surface area contributed by atoms with Crippen LogP contribution in [0.5, 0.6) is 0 Å². The van der Waals surface area contributed by atoms with Crippen molar-refractivity contribution in [2.45, 2.75) is 19.0 Å². The fraction of sp³-hybridized carbons (Fsp3) is 0.364. The first-order valence-electron chi connectivity index (χ1n) is 5.30. The monoisotopic (exact) mass is 275 g/mol. The number of fused-ring (bicyclic) bond motifs is 1. The van der Waals surface area contributed by atoms with E-state index in [0.717, 1.165) is 11.1 Å². The van der Waals surface area contributed by atoms with Crippen LogP contribution < -0.4 is 5.73 Å². The quantitative estimate of drug-likeness (QED) is 0.935. The van der Waals surface area contributed by atoms with E-state index in [9.17, 15) is 13.2 Å². The Balaban J connectivity index is 2.22. The van der Waals surface area contributed by atoms with Crippen molar-refractivity contribution >= 4 is 28.7 Å². The molecule has 0 aliphatic carbocycles. The maximum atomic E-state index is 12.1. The highest BCUT2D eigenvalue weighted by Crippen LogP contribution is 2.30. The lowest BCUT2D eigenvalue weighted by atomic mass is 10.2. The molecule has 0 bridgehead atoms. The molecule has 7 heteroatoms. The number of thioether (sulfide) groups is 1. The van der Waals surface area contributed by atoms with Crippen LogP contribution in [0.25, 0.3) is 11.0 Å². The van der Waals surface area contributed by atoms with Crippen LogP contribution in [-0.2, 0) is 6.54 Å². The van der Waals surface area contributed by atoms with Gasteiger partial charge in [-0.1, -0.05) is 6.07 Å². The molecule has 0 aliphatic rings. The number of nitrogens with zero attached hydrogens (tertiary/aromatic N) is 2. The lowest BCUT2D eigenvalue weighted by Crippen LogP contribution is -2.09. The second-order valence-corrected chi connectivity index (χ2v) is 5.07. The molecule has 0 spiro atoms. The number of imidazole rings is 1. The van der Waals surface area contributed by atoms with Gasteiger partial charge >= 0.3 is 5.51 Å². The van der Waals surface area contributed by atoms with Crippen LogP contribution in [0.1, 0.15) is 5.56 Å². The number of benzene rings is 1. The van der Waals surface area contributed by atoms with Crippen molar-refractivity contribution in [3.8, 4) is 0 Å². The molecule has 1 aromatic carbocycles. The minimum absolute atomic E-state index is 0.0509. The van der Waals surface area contributed by atoms with Crippen LogP contribution in [0, 0.1) is 6.92 Å². The first-order chi connectivity index (χ1) is 8.37. The number of anilines is 1. The summed E-state index contributed by atoms with van der Waals surface area (Å²) in [7, 11) is 0. The van der Waals surface area contributed by atoms with Crippen LogP contribution in [-0.4, -0.2) is 20.8 Å². The molecule has 0 aliphatic heterocycles. The van der Waals surface area contributed by atoms with E-state index < -0.39 is 5.51 Å². The minimum Gasteiger partial charge on any atom is -0.369 e. The van der Waals surface area contributed by atoms with Crippen molar-refractivity contribution < 1.29 is 13.2 Å². The zero-order valence-electron chi connectivity index (χ0n) is 9.66. The summed E-state index contributed by atoms with van der Waals surface area (Å²) in [5.74, 6) is 0.172. The normalized spacial score (nSPS) is 12.2. The predicted molar refractivity (Wildman–Crippen MR) is 67.4 cm³/mol. The van der Waals surface area contributed by atoms with E-state index in [2.05, 4.69) is 4.98 Å². The molecule has 2 rings (SSSR count). The Bertz CT molecular complexity index is 562. The fourth-order valence-electron chi connectivity index (χ4n) is 1.74. The van der Waals surface area contributed by atoms with Gasteiger partial charge in [0.2, 0.25) is 5.95 Å². The number of hydrogen-bond acceptors (Lipinski definition) is 3. The van der Waals surface area contributed by atoms with Gasteiger partial charge in [-0.05, 0) is 36.4 Å². The number of rotatable bonds is 3. The number of aromatic nitrogens is 2. The van der Waals surface area contributed by atoms with E-state index in [-0.39, 0.29) is 30.0 Å². The van der Waals surface area contributed by atoms with Gasteiger partial charge in [-0.25, -0.2) is 4.98 Å². The Morgan fingerprint density at radius 2 is 2.11 bits per heavy atom. The summed E-state index contributed by atoms with van der Waals surface area (Å²) in [6, 6.07) is 5.58. The number of nitrogen functional groups attached to an aromatic ring is 1. The number of halogens is 3.